The van der Waals surface area contributed by atoms with E-state index in [0.717, 1.165) is 12.0 Å². The summed E-state index contributed by atoms with van der Waals surface area (Å²) in [6.07, 6.45) is 13.0. The fourth-order valence-electron chi connectivity index (χ4n) is 6.86. The second-order valence-corrected chi connectivity index (χ2v) is 9.99. The van der Waals surface area contributed by atoms with Crippen molar-refractivity contribution in [3.63, 3.8) is 0 Å². The van der Waals surface area contributed by atoms with Gasteiger partial charge in [0.1, 0.15) is 6.17 Å². The van der Waals surface area contributed by atoms with Crippen LogP contribution in [0.15, 0.2) is 54.6 Å². The molecule has 0 bridgehead atoms. The van der Waals surface area contributed by atoms with Crippen molar-refractivity contribution >= 4 is 5.69 Å². The van der Waals surface area contributed by atoms with E-state index in [0.29, 0.717) is 18.2 Å². The van der Waals surface area contributed by atoms with Crippen LogP contribution in [0.3, 0.4) is 0 Å². The molecule has 0 spiro atoms. The largest absolute Gasteiger partial charge is 0.347 e. The lowest BCUT2D eigenvalue weighted by atomic mass is 9.80. The van der Waals surface area contributed by atoms with Gasteiger partial charge in [-0.15, -0.1) is 0 Å². The van der Waals surface area contributed by atoms with Crippen molar-refractivity contribution in [3.05, 3.63) is 65.7 Å². The lowest BCUT2D eigenvalue weighted by Gasteiger charge is -2.40. The molecule has 30 heavy (non-hydrogen) atoms. The molecule has 2 aliphatic carbocycles. The average Bonchev–Trinajstić information content (AvgIpc) is 3.41. The molecule has 1 heterocycles. The van der Waals surface area contributed by atoms with Crippen molar-refractivity contribution in [1.29, 1.82) is 0 Å². The summed E-state index contributed by atoms with van der Waals surface area (Å²) in [6, 6.07) is 22.4. The highest BCUT2D eigenvalue weighted by molar-refractivity contribution is 5.57. The SMILES string of the molecule is Cc1ccccc1N1C(c2ccccc2)N(C2CCCC2)C(C2CCCCC2)[C@@H]1C. The first-order valence-corrected chi connectivity index (χ1v) is 12.4. The third kappa shape index (κ3) is 3.58. The standard InChI is InChI=1S/C28H38N2/c1-21-13-9-12-20-26(21)29-22(2)27(23-14-5-3-6-15-23)30(25-18-10-11-19-25)28(29)24-16-7-4-8-17-24/h4,7-9,12-13,16-17,20,22-23,25,27-28H,3,5-6,10-11,14-15,18-19H2,1-2H3/t22-,27?,28?/m0/s1. The van der Waals surface area contributed by atoms with Gasteiger partial charge < -0.3 is 4.90 Å². The zero-order chi connectivity index (χ0) is 20.5. The number of nitrogens with zero attached hydrogens (tertiary/aromatic N) is 2. The molecule has 2 aromatic carbocycles. The van der Waals surface area contributed by atoms with Gasteiger partial charge in [0.25, 0.3) is 0 Å². The predicted octanol–water partition coefficient (Wildman–Crippen LogP) is 7.10. The van der Waals surface area contributed by atoms with E-state index in [1.807, 2.05) is 0 Å². The fourth-order valence-corrected chi connectivity index (χ4v) is 6.86. The number of aryl methyl sites for hydroxylation is 1. The maximum absolute atomic E-state index is 3.01. The highest BCUT2D eigenvalue weighted by Crippen LogP contribution is 2.49. The van der Waals surface area contributed by atoms with Crippen LogP contribution in [-0.4, -0.2) is 23.0 Å². The molecule has 0 radical (unpaired) electrons. The van der Waals surface area contributed by atoms with Crippen LogP contribution in [0.4, 0.5) is 5.69 Å². The Bertz CT molecular complexity index is 820. The minimum atomic E-state index is 0.359. The summed E-state index contributed by atoms with van der Waals surface area (Å²) in [7, 11) is 0. The Morgan fingerprint density at radius 2 is 1.37 bits per heavy atom. The van der Waals surface area contributed by atoms with E-state index in [1.165, 1.54) is 74.6 Å². The molecular weight excluding hydrogens is 364 g/mol. The number of anilines is 1. The van der Waals surface area contributed by atoms with Crippen LogP contribution in [0.5, 0.6) is 0 Å². The number of benzene rings is 2. The summed E-state index contributed by atoms with van der Waals surface area (Å²) in [5.74, 6) is 0.842. The Morgan fingerprint density at radius 1 is 0.733 bits per heavy atom. The summed E-state index contributed by atoms with van der Waals surface area (Å²) in [5.41, 5.74) is 4.30. The van der Waals surface area contributed by atoms with Gasteiger partial charge in [0.15, 0.2) is 0 Å². The van der Waals surface area contributed by atoms with E-state index < -0.39 is 0 Å². The molecule has 0 amide bonds. The number of hydrogen-bond acceptors (Lipinski definition) is 2. The van der Waals surface area contributed by atoms with Gasteiger partial charge in [0.05, 0.1) is 0 Å². The first-order valence-electron chi connectivity index (χ1n) is 12.4. The topological polar surface area (TPSA) is 6.48 Å². The molecule has 2 unspecified atom stereocenters. The van der Waals surface area contributed by atoms with Crippen molar-refractivity contribution in [2.24, 2.45) is 5.92 Å². The zero-order valence-corrected chi connectivity index (χ0v) is 18.8. The van der Waals surface area contributed by atoms with Crippen LogP contribution in [0.2, 0.25) is 0 Å². The number of hydrogen-bond donors (Lipinski definition) is 0. The summed E-state index contributed by atoms with van der Waals surface area (Å²) in [4.78, 5) is 5.80. The van der Waals surface area contributed by atoms with Gasteiger partial charge in [-0.3, -0.25) is 4.90 Å². The first-order chi connectivity index (χ1) is 14.8. The summed E-state index contributed by atoms with van der Waals surface area (Å²) in [5, 5.41) is 0. The highest BCUT2D eigenvalue weighted by atomic mass is 15.5. The van der Waals surface area contributed by atoms with Crippen LogP contribution in [0.1, 0.15) is 82.0 Å². The monoisotopic (exact) mass is 402 g/mol. The second-order valence-electron chi connectivity index (χ2n) is 9.99. The summed E-state index contributed by atoms with van der Waals surface area (Å²) >= 11 is 0. The molecule has 5 rings (SSSR count). The molecule has 0 aromatic heterocycles. The Morgan fingerprint density at radius 3 is 2.07 bits per heavy atom. The van der Waals surface area contributed by atoms with Gasteiger partial charge >= 0.3 is 0 Å². The number of rotatable bonds is 4. The lowest BCUT2D eigenvalue weighted by Crippen LogP contribution is -2.46. The van der Waals surface area contributed by atoms with E-state index in [-0.39, 0.29) is 0 Å². The van der Waals surface area contributed by atoms with Crippen molar-refractivity contribution in [2.75, 3.05) is 4.90 Å². The molecule has 160 valence electrons. The smallest absolute Gasteiger partial charge is 0.109 e. The predicted molar refractivity (Wildman–Crippen MR) is 127 cm³/mol. The molecule has 2 nitrogen and oxygen atoms in total. The van der Waals surface area contributed by atoms with Gasteiger partial charge in [-0.25, -0.2) is 0 Å². The molecule has 2 heteroatoms. The quantitative estimate of drug-likeness (QED) is 0.538. The van der Waals surface area contributed by atoms with Gasteiger partial charge in [-0.2, -0.15) is 0 Å². The molecule has 1 saturated heterocycles. The molecule has 2 saturated carbocycles. The van der Waals surface area contributed by atoms with E-state index in [2.05, 4.69) is 78.2 Å². The maximum Gasteiger partial charge on any atom is 0.109 e. The van der Waals surface area contributed by atoms with Crippen molar-refractivity contribution in [3.8, 4) is 0 Å². The van der Waals surface area contributed by atoms with Crippen LogP contribution in [0, 0.1) is 12.8 Å². The molecule has 1 aliphatic heterocycles. The van der Waals surface area contributed by atoms with E-state index >= 15 is 0 Å². The molecule has 2 aromatic rings. The van der Waals surface area contributed by atoms with E-state index in [4.69, 9.17) is 0 Å². The van der Waals surface area contributed by atoms with Crippen molar-refractivity contribution in [2.45, 2.75) is 95.9 Å². The molecule has 3 atom stereocenters. The zero-order valence-electron chi connectivity index (χ0n) is 18.8. The van der Waals surface area contributed by atoms with E-state index in [1.54, 1.807) is 0 Å². The third-order valence-electron chi connectivity index (χ3n) is 8.19. The maximum atomic E-state index is 3.01. The van der Waals surface area contributed by atoms with Gasteiger partial charge in [-0.1, -0.05) is 80.6 Å². The Labute approximate surface area is 183 Å². The third-order valence-corrected chi connectivity index (χ3v) is 8.19. The Balaban J connectivity index is 1.63. The normalized spacial score (nSPS) is 29.0. The molecular formula is C28H38N2. The van der Waals surface area contributed by atoms with Crippen LogP contribution in [-0.2, 0) is 0 Å². The molecule has 3 aliphatic rings. The van der Waals surface area contributed by atoms with Gasteiger partial charge in [0.2, 0.25) is 0 Å². The Kier molecular flexibility index (Phi) is 5.87. The van der Waals surface area contributed by atoms with Gasteiger partial charge in [-0.05, 0) is 62.6 Å². The van der Waals surface area contributed by atoms with E-state index in [9.17, 15) is 0 Å². The van der Waals surface area contributed by atoms with Crippen LogP contribution in [0.25, 0.3) is 0 Å². The fraction of sp³-hybridized carbons (Fsp3) is 0.571. The van der Waals surface area contributed by atoms with Crippen LogP contribution >= 0.6 is 0 Å². The van der Waals surface area contributed by atoms with Crippen molar-refractivity contribution in [1.82, 2.24) is 4.90 Å². The molecule has 3 fully saturated rings. The summed E-state index contributed by atoms with van der Waals surface area (Å²) < 4.78 is 0. The minimum Gasteiger partial charge on any atom is -0.347 e. The number of para-hydroxylation sites is 1. The van der Waals surface area contributed by atoms with Gasteiger partial charge in [0, 0.05) is 23.8 Å². The van der Waals surface area contributed by atoms with Crippen LogP contribution < -0.4 is 4.90 Å². The average molecular weight is 403 g/mol. The lowest BCUT2D eigenvalue weighted by molar-refractivity contribution is 0.0758. The first kappa shape index (κ1) is 20.1. The summed E-state index contributed by atoms with van der Waals surface area (Å²) in [6.45, 7) is 4.81. The van der Waals surface area contributed by atoms with Crippen molar-refractivity contribution < 1.29 is 0 Å². The molecule has 0 N–H and O–H groups in total. The highest BCUT2D eigenvalue weighted by Gasteiger charge is 2.51. The Hall–Kier alpha value is -1.80. The second kappa shape index (κ2) is 8.75. The minimum absolute atomic E-state index is 0.359.